The van der Waals surface area contributed by atoms with Crippen molar-refractivity contribution >= 4 is 6.09 Å². The second kappa shape index (κ2) is 4.44. The van der Waals surface area contributed by atoms with Gasteiger partial charge in [0.25, 0.3) is 0 Å². The lowest BCUT2D eigenvalue weighted by molar-refractivity contribution is -0.104. The zero-order valence-corrected chi connectivity index (χ0v) is 10.00. The van der Waals surface area contributed by atoms with Gasteiger partial charge in [-0.2, -0.15) is 0 Å². The summed E-state index contributed by atoms with van der Waals surface area (Å²) in [6, 6.07) is 3.32. The number of carbonyl (C=O) groups excluding carboxylic acids is 1. The third-order valence-electron chi connectivity index (χ3n) is 2.85. The first kappa shape index (κ1) is 12.6. The molecule has 1 saturated heterocycles. The zero-order chi connectivity index (χ0) is 13.3. The van der Waals surface area contributed by atoms with E-state index in [1.54, 1.807) is 12.1 Å². The summed E-state index contributed by atoms with van der Waals surface area (Å²) in [5.74, 6) is -2.64. The van der Waals surface area contributed by atoms with Crippen molar-refractivity contribution < 1.29 is 23.0 Å². The lowest BCUT2D eigenvalue weighted by Crippen LogP contribution is -2.49. The van der Waals surface area contributed by atoms with E-state index in [2.05, 4.69) is 10.1 Å². The van der Waals surface area contributed by atoms with Crippen LogP contribution in [-0.4, -0.2) is 25.7 Å². The summed E-state index contributed by atoms with van der Waals surface area (Å²) < 4.78 is 36.7. The molecule has 0 saturated carbocycles. The van der Waals surface area contributed by atoms with Crippen molar-refractivity contribution in [2.75, 3.05) is 13.7 Å². The fraction of sp³-hybridized carbons (Fsp3) is 0.417. The van der Waals surface area contributed by atoms with Crippen molar-refractivity contribution in [3.05, 3.63) is 29.3 Å². The van der Waals surface area contributed by atoms with Gasteiger partial charge in [0.15, 0.2) is 6.61 Å². The first-order valence-corrected chi connectivity index (χ1v) is 5.39. The van der Waals surface area contributed by atoms with Crippen molar-refractivity contribution in [2.24, 2.45) is 0 Å². The Morgan fingerprint density at radius 3 is 2.89 bits per heavy atom. The smallest absolute Gasteiger partial charge is 0.408 e. The largest absolute Gasteiger partial charge is 0.496 e. The summed E-state index contributed by atoms with van der Waals surface area (Å²) >= 11 is 0. The summed E-state index contributed by atoms with van der Waals surface area (Å²) in [6.07, 6.45) is -0.842. The van der Waals surface area contributed by atoms with Crippen LogP contribution in [0.4, 0.5) is 13.6 Å². The Hall–Kier alpha value is -1.85. The number of ether oxygens (including phenoxy) is 2. The zero-order valence-electron chi connectivity index (χ0n) is 10.00. The van der Waals surface area contributed by atoms with Gasteiger partial charge in [0.2, 0.25) is 0 Å². The first-order chi connectivity index (χ1) is 8.44. The number of halogens is 2. The number of aryl methyl sites for hydroxylation is 1. The number of rotatable bonds is 2. The Bertz CT molecular complexity index is 476. The number of alkyl halides is 2. The van der Waals surface area contributed by atoms with Gasteiger partial charge in [-0.05, 0) is 24.1 Å². The summed E-state index contributed by atoms with van der Waals surface area (Å²) in [5.41, 5.74) is 1.13. The van der Waals surface area contributed by atoms with Crippen LogP contribution in [0.5, 0.6) is 5.75 Å². The van der Waals surface area contributed by atoms with Crippen molar-refractivity contribution in [2.45, 2.75) is 18.9 Å². The van der Waals surface area contributed by atoms with Crippen LogP contribution in [0.25, 0.3) is 0 Å². The fourth-order valence-electron chi connectivity index (χ4n) is 1.85. The third-order valence-corrected chi connectivity index (χ3v) is 2.85. The number of alkyl carbamates (subject to hydrolysis) is 1. The summed E-state index contributed by atoms with van der Waals surface area (Å²) in [7, 11) is 1.47. The standard InChI is InChI=1S/C12H13F2NO3/c1-7-3-4-8(5-9(7)17-2)10-12(13,14)6-18-11(16)15-10/h3-5,10H,6H2,1-2H3,(H,15,16)/t10-/m0/s1. The van der Waals surface area contributed by atoms with E-state index in [1.807, 2.05) is 6.92 Å². The van der Waals surface area contributed by atoms with E-state index < -0.39 is 24.7 Å². The minimum atomic E-state index is -3.14. The molecule has 98 valence electrons. The van der Waals surface area contributed by atoms with Gasteiger partial charge in [0.05, 0.1) is 7.11 Å². The van der Waals surface area contributed by atoms with E-state index in [0.29, 0.717) is 11.3 Å². The number of nitrogens with one attached hydrogen (secondary N) is 1. The average molecular weight is 257 g/mol. The van der Waals surface area contributed by atoms with Crippen molar-refractivity contribution in [3.63, 3.8) is 0 Å². The second-order valence-electron chi connectivity index (χ2n) is 4.14. The molecule has 1 amide bonds. The molecule has 2 rings (SSSR count). The Balaban J connectivity index is 2.37. The van der Waals surface area contributed by atoms with Crippen LogP contribution < -0.4 is 10.1 Å². The molecule has 1 aromatic carbocycles. The highest BCUT2D eigenvalue weighted by Gasteiger charge is 2.46. The number of benzene rings is 1. The highest BCUT2D eigenvalue weighted by atomic mass is 19.3. The van der Waals surface area contributed by atoms with E-state index in [-0.39, 0.29) is 0 Å². The van der Waals surface area contributed by atoms with Gasteiger partial charge in [0.1, 0.15) is 11.8 Å². The lowest BCUT2D eigenvalue weighted by atomic mass is 9.98. The average Bonchev–Trinajstić information content (AvgIpc) is 2.33. The summed E-state index contributed by atoms with van der Waals surface area (Å²) in [5, 5.41) is 2.13. The van der Waals surface area contributed by atoms with Crippen LogP contribution in [-0.2, 0) is 4.74 Å². The molecule has 4 nitrogen and oxygen atoms in total. The molecule has 0 bridgehead atoms. The topological polar surface area (TPSA) is 47.6 Å². The quantitative estimate of drug-likeness (QED) is 0.885. The Morgan fingerprint density at radius 2 is 2.22 bits per heavy atom. The lowest BCUT2D eigenvalue weighted by Gasteiger charge is -2.32. The molecule has 1 aliphatic heterocycles. The molecule has 1 atom stereocenters. The van der Waals surface area contributed by atoms with Gasteiger partial charge in [-0.3, -0.25) is 0 Å². The molecule has 1 aliphatic rings. The fourth-order valence-corrected chi connectivity index (χ4v) is 1.85. The Morgan fingerprint density at radius 1 is 1.50 bits per heavy atom. The molecule has 1 aromatic rings. The maximum atomic E-state index is 13.7. The van der Waals surface area contributed by atoms with Crippen molar-refractivity contribution in [1.29, 1.82) is 0 Å². The minimum Gasteiger partial charge on any atom is -0.496 e. The molecular weight excluding hydrogens is 244 g/mol. The molecule has 0 aliphatic carbocycles. The SMILES string of the molecule is COc1cc([C@@H]2NC(=O)OCC2(F)F)ccc1C. The van der Waals surface area contributed by atoms with Crippen molar-refractivity contribution in [3.8, 4) is 5.75 Å². The normalized spacial score (nSPS) is 22.0. The van der Waals surface area contributed by atoms with E-state index in [1.165, 1.54) is 13.2 Å². The number of methoxy groups -OCH3 is 1. The van der Waals surface area contributed by atoms with Gasteiger partial charge in [-0.25, -0.2) is 13.6 Å². The van der Waals surface area contributed by atoms with Crippen LogP contribution in [0, 0.1) is 6.92 Å². The molecule has 1 fully saturated rings. The number of amides is 1. The monoisotopic (exact) mass is 257 g/mol. The Kier molecular flexibility index (Phi) is 3.11. The molecule has 0 radical (unpaired) electrons. The first-order valence-electron chi connectivity index (χ1n) is 5.39. The molecule has 0 aromatic heterocycles. The maximum absolute atomic E-state index is 13.7. The van der Waals surface area contributed by atoms with E-state index in [4.69, 9.17) is 4.74 Å². The number of cyclic esters (lactones) is 1. The predicted octanol–water partition coefficient (Wildman–Crippen LogP) is 2.42. The molecule has 0 unspecified atom stereocenters. The minimum absolute atomic E-state index is 0.291. The van der Waals surface area contributed by atoms with E-state index in [0.717, 1.165) is 5.56 Å². The molecule has 1 heterocycles. The molecule has 6 heteroatoms. The van der Waals surface area contributed by atoms with Gasteiger partial charge in [-0.15, -0.1) is 0 Å². The van der Waals surface area contributed by atoms with Crippen LogP contribution in [0.1, 0.15) is 17.2 Å². The predicted molar refractivity (Wildman–Crippen MR) is 59.9 cm³/mol. The summed E-state index contributed by atoms with van der Waals surface area (Å²) in [4.78, 5) is 11.1. The highest BCUT2D eigenvalue weighted by molar-refractivity contribution is 5.69. The molecule has 0 spiro atoms. The second-order valence-corrected chi connectivity index (χ2v) is 4.14. The van der Waals surface area contributed by atoms with E-state index >= 15 is 0 Å². The van der Waals surface area contributed by atoms with Gasteiger partial charge >= 0.3 is 12.0 Å². The molecular formula is C12H13F2NO3. The molecule has 1 N–H and O–H groups in total. The van der Waals surface area contributed by atoms with Gasteiger partial charge in [0, 0.05) is 0 Å². The highest BCUT2D eigenvalue weighted by Crippen LogP contribution is 2.36. The van der Waals surface area contributed by atoms with E-state index in [9.17, 15) is 13.6 Å². The molecule has 18 heavy (non-hydrogen) atoms. The van der Waals surface area contributed by atoms with Crippen molar-refractivity contribution in [1.82, 2.24) is 5.32 Å². The van der Waals surface area contributed by atoms with Gasteiger partial charge in [-0.1, -0.05) is 12.1 Å². The van der Waals surface area contributed by atoms with Crippen LogP contribution in [0.3, 0.4) is 0 Å². The Labute approximate surface area is 103 Å². The van der Waals surface area contributed by atoms with Gasteiger partial charge < -0.3 is 14.8 Å². The maximum Gasteiger partial charge on any atom is 0.408 e. The van der Waals surface area contributed by atoms with Crippen LogP contribution in [0.2, 0.25) is 0 Å². The van der Waals surface area contributed by atoms with Crippen LogP contribution in [0.15, 0.2) is 18.2 Å². The number of hydrogen-bond acceptors (Lipinski definition) is 3. The van der Waals surface area contributed by atoms with Crippen LogP contribution >= 0.6 is 0 Å². The third kappa shape index (κ3) is 2.23. The number of carbonyl (C=O) groups is 1. The summed E-state index contributed by atoms with van der Waals surface area (Å²) in [6.45, 7) is 0.892. The number of hydrogen-bond donors (Lipinski definition) is 1.